The SMILES string of the molecule is COc1ccc(Oc2ccc(Cl)cc2NC(=O)[C@H]2CC(=O)N(CC(F)(F)F)C2)cc1. The van der Waals surface area contributed by atoms with Crippen LogP contribution in [0.5, 0.6) is 17.2 Å². The van der Waals surface area contributed by atoms with Gasteiger partial charge in [0, 0.05) is 18.0 Å². The van der Waals surface area contributed by atoms with Gasteiger partial charge in [0.1, 0.15) is 18.0 Å². The van der Waals surface area contributed by atoms with Crippen molar-refractivity contribution < 1.29 is 32.2 Å². The highest BCUT2D eigenvalue weighted by Gasteiger charge is 2.40. The minimum Gasteiger partial charge on any atom is -0.497 e. The molecule has 0 aromatic heterocycles. The zero-order chi connectivity index (χ0) is 21.9. The largest absolute Gasteiger partial charge is 0.497 e. The Morgan fingerprint density at radius 1 is 1.20 bits per heavy atom. The highest BCUT2D eigenvalue weighted by atomic mass is 35.5. The van der Waals surface area contributed by atoms with Crippen LogP contribution in [0.3, 0.4) is 0 Å². The van der Waals surface area contributed by atoms with Crippen LogP contribution >= 0.6 is 11.6 Å². The highest BCUT2D eigenvalue weighted by molar-refractivity contribution is 6.31. The summed E-state index contributed by atoms with van der Waals surface area (Å²) < 4.78 is 48.6. The standard InChI is InChI=1S/C20H18ClF3N2O4/c1-29-14-3-5-15(6-4-14)30-17-7-2-13(21)9-16(17)25-19(28)12-8-18(27)26(10-12)11-20(22,23)24/h2-7,9,12H,8,10-11H2,1H3,(H,25,28)/t12-/m0/s1. The van der Waals surface area contributed by atoms with Crippen molar-refractivity contribution in [1.82, 2.24) is 4.90 Å². The quantitative estimate of drug-likeness (QED) is 0.715. The van der Waals surface area contributed by atoms with Gasteiger partial charge in [0.05, 0.1) is 18.7 Å². The Kier molecular flexibility index (Phi) is 6.40. The van der Waals surface area contributed by atoms with Gasteiger partial charge in [-0.15, -0.1) is 0 Å². The third-order valence-electron chi connectivity index (χ3n) is 4.44. The summed E-state index contributed by atoms with van der Waals surface area (Å²) in [5.41, 5.74) is 0.241. The zero-order valence-corrected chi connectivity index (χ0v) is 16.6. The Morgan fingerprint density at radius 3 is 2.50 bits per heavy atom. The summed E-state index contributed by atoms with van der Waals surface area (Å²) in [6, 6.07) is 11.3. The van der Waals surface area contributed by atoms with E-state index in [1.807, 2.05) is 0 Å². The van der Waals surface area contributed by atoms with E-state index in [0.29, 0.717) is 21.4 Å². The molecule has 160 valence electrons. The fourth-order valence-electron chi connectivity index (χ4n) is 3.01. The third-order valence-corrected chi connectivity index (χ3v) is 4.68. The first kappa shape index (κ1) is 21.8. The molecule has 0 spiro atoms. The van der Waals surface area contributed by atoms with Gasteiger partial charge in [-0.3, -0.25) is 9.59 Å². The van der Waals surface area contributed by atoms with Crippen molar-refractivity contribution in [3.63, 3.8) is 0 Å². The second kappa shape index (κ2) is 8.83. The lowest BCUT2D eigenvalue weighted by Gasteiger charge is -2.18. The van der Waals surface area contributed by atoms with Crippen LogP contribution in [0.25, 0.3) is 0 Å². The Labute approximate surface area is 175 Å². The first-order valence-corrected chi connectivity index (χ1v) is 9.29. The number of anilines is 1. The van der Waals surface area contributed by atoms with Gasteiger partial charge in [-0.25, -0.2) is 0 Å². The fraction of sp³-hybridized carbons (Fsp3) is 0.300. The predicted molar refractivity (Wildman–Crippen MR) is 104 cm³/mol. The van der Waals surface area contributed by atoms with Gasteiger partial charge in [-0.2, -0.15) is 13.2 Å². The van der Waals surface area contributed by atoms with Crippen LogP contribution in [-0.4, -0.2) is 43.1 Å². The summed E-state index contributed by atoms with van der Waals surface area (Å²) in [5.74, 6) is -0.812. The average Bonchev–Trinajstić information content (AvgIpc) is 3.03. The van der Waals surface area contributed by atoms with Gasteiger partial charge >= 0.3 is 6.18 Å². The van der Waals surface area contributed by atoms with E-state index in [2.05, 4.69) is 5.32 Å². The summed E-state index contributed by atoms with van der Waals surface area (Å²) in [6.45, 7) is -1.68. The predicted octanol–water partition coefficient (Wildman–Crippen LogP) is 4.49. The van der Waals surface area contributed by atoms with Crippen molar-refractivity contribution in [1.29, 1.82) is 0 Å². The number of methoxy groups -OCH3 is 1. The number of carbonyl (C=O) groups is 2. The van der Waals surface area contributed by atoms with Gasteiger partial charge in [0.15, 0.2) is 5.75 Å². The molecule has 1 aliphatic heterocycles. The molecular formula is C20H18ClF3N2O4. The van der Waals surface area contributed by atoms with E-state index in [1.54, 1.807) is 36.4 Å². The lowest BCUT2D eigenvalue weighted by Crippen LogP contribution is -2.36. The maximum absolute atomic E-state index is 12.6. The number of nitrogens with one attached hydrogen (secondary N) is 1. The summed E-state index contributed by atoms with van der Waals surface area (Å²) in [5, 5.41) is 2.93. The smallest absolute Gasteiger partial charge is 0.406 e. The Morgan fingerprint density at radius 2 is 1.87 bits per heavy atom. The third kappa shape index (κ3) is 5.56. The number of benzene rings is 2. The molecule has 1 saturated heterocycles. The highest BCUT2D eigenvalue weighted by Crippen LogP contribution is 2.34. The summed E-state index contributed by atoms with van der Waals surface area (Å²) in [4.78, 5) is 25.0. The lowest BCUT2D eigenvalue weighted by atomic mass is 10.1. The summed E-state index contributed by atoms with van der Waals surface area (Å²) in [7, 11) is 1.53. The van der Waals surface area contributed by atoms with E-state index in [0.717, 1.165) is 0 Å². The molecule has 0 bridgehead atoms. The first-order chi connectivity index (χ1) is 14.1. The minimum absolute atomic E-state index is 0.241. The second-order valence-electron chi connectivity index (χ2n) is 6.70. The van der Waals surface area contributed by atoms with Crippen LogP contribution in [0.2, 0.25) is 5.02 Å². The van der Waals surface area contributed by atoms with E-state index in [-0.39, 0.29) is 24.4 Å². The molecular weight excluding hydrogens is 425 g/mol. The number of ether oxygens (including phenoxy) is 2. The van der Waals surface area contributed by atoms with Crippen molar-refractivity contribution in [2.24, 2.45) is 5.92 Å². The number of nitrogens with zero attached hydrogens (tertiary/aromatic N) is 1. The van der Waals surface area contributed by atoms with Gasteiger partial charge in [0.2, 0.25) is 11.8 Å². The molecule has 0 radical (unpaired) electrons. The molecule has 30 heavy (non-hydrogen) atoms. The number of hydrogen-bond acceptors (Lipinski definition) is 4. The van der Waals surface area contributed by atoms with Crippen molar-refractivity contribution in [3.8, 4) is 17.2 Å². The van der Waals surface area contributed by atoms with E-state index in [4.69, 9.17) is 21.1 Å². The van der Waals surface area contributed by atoms with Crippen LogP contribution in [0.4, 0.5) is 18.9 Å². The maximum Gasteiger partial charge on any atom is 0.406 e. The topological polar surface area (TPSA) is 67.9 Å². The Balaban J connectivity index is 1.72. The van der Waals surface area contributed by atoms with Gasteiger partial charge in [-0.05, 0) is 42.5 Å². The molecule has 10 heteroatoms. The van der Waals surface area contributed by atoms with Gasteiger partial charge < -0.3 is 19.7 Å². The average molecular weight is 443 g/mol. The molecule has 2 aromatic carbocycles. The van der Waals surface area contributed by atoms with Crippen molar-refractivity contribution >= 4 is 29.1 Å². The van der Waals surface area contributed by atoms with Gasteiger partial charge in [0.25, 0.3) is 0 Å². The molecule has 0 aliphatic carbocycles. The number of likely N-dealkylation sites (tertiary alicyclic amines) is 1. The van der Waals surface area contributed by atoms with E-state index >= 15 is 0 Å². The summed E-state index contributed by atoms with van der Waals surface area (Å²) in [6.07, 6.45) is -4.81. The zero-order valence-electron chi connectivity index (χ0n) is 15.8. The molecule has 2 aromatic rings. The molecule has 2 amide bonds. The first-order valence-electron chi connectivity index (χ1n) is 8.91. The number of hydrogen-bond donors (Lipinski definition) is 1. The molecule has 1 heterocycles. The Bertz CT molecular complexity index is 935. The van der Waals surface area contributed by atoms with Crippen LogP contribution in [0.1, 0.15) is 6.42 Å². The Hall–Kier alpha value is -2.94. The number of alkyl halides is 3. The van der Waals surface area contributed by atoms with Crippen molar-refractivity contribution in [3.05, 3.63) is 47.5 Å². The molecule has 1 aliphatic rings. The normalized spacial score (nSPS) is 16.5. The molecule has 3 rings (SSSR count). The van der Waals surface area contributed by atoms with E-state index in [9.17, 15) is 22.8 Å². The van der Waals surface area contributed by atoms with E-state index < -0.39 is 30.5 Å². The van der Waals surface area contributed by atoms with Gasteiger partial charge in [-0.1, -0.05) is 11.6 Å². The molecule has 1 N–H and O–H groups in total. The second-order valence-corrected chi connectivity index (χ2v) is 7.13. The number of halogens is 4. The monoisotopic (exact) mass is 442 g/mol. The molecule has 6 nitrogen and oxygen atoms in total. The van der Waals surface area contributed by atoms with Crippen LogP contribution in [-0.2, 0) is 9.59 Å². The lowest BCUT2D eigenvalue weighted by molar-refractivity contribution is -0.157. The molecule has 0 unspecified atom stereocenters. The number of carbonyl (C=O) groups excluding carboxylic acids is 2. The van der Waals surface area contributed by atoms with Crippen molar-refractivity contribution in [2.45, 2.75) is 12.6 Å². The summed E-state index contributed by atoms with van der Waals surface area (Å²) >= 11 is 6.01. The van der Waals surface area contributed by atoms with Crippen molar-refractivity contribution in [2.75, 3.05) is 25.5 Å². The number of rotatable bonds is 6. The van der Waals surface area contributed by atoms with Crippen LogP contribution in [0.15, 0.2) is 42.5 Å². The molecule has 0 saturated carbocycles. The fourth-order valence-corrected chi connectivity index (χ4v) is 3.18. The molecule has 1 fully saturated rings. The van der Waals surface area contributed by atoms with Crippen LogP contribution < -0.4 is 14.8 Å². The van der Waals surface area contributed by atoms with Crippen LogP contribution in [0, 0.1) is 5.92 Å². The molecule has 1 atom stereocenters. The number of amides is 2. The maximum atomic E-state index is 12.6. The minimum atomic E-state index is -4.52. The van der Waals surface area contributed by atoms with E-state index in [1.165, 1.54) is 13.2 Å².